The summed E-state index contributed by atoms with van der Waals surface area (Å²) >= 11 is 0. The number of nitrogen functional groups attached to an aromatic ring is 1. The molecule has 1 aromatic heterocycles. The van der Waals surface area contributed by atoms with Gasteiger partial charge >= 0.3 is 0 Å². The first-order valence-corrected chi connectivity index (χ1v) is 8.22. The standard InChI is InChI=1S/C21H18N4O2/c1-11-15(7-13-5-6-14(26-3)8-18(13)27-4)19-12(2)17(10-23)21(24)25-20(19)16(11)9-22/h5-8H,1-4H3,(H2,24,25)/b15-7+. The number of methoxy groups -OCH3 is 2. The number of aromatic nitrogens is 1. The SMILES string of the molecule is COc1ccc(/C=C2\C(C)=C(C#N)c3nc(N)c(C#N)c(C)c32)c(OC)c1. The highest BCUT2D eigenvalue weighted by Crippen LogP contribution is 2.44. The van der Waals surface area contributed by atoms with Gasteiger partial charge in [0.05, 0.1) is 31.1 Å². The monoisotopic (exact) mass is 358 g/mol. The molecule has 1 aliphatic carbocycles. The van der Waals surface area contributed by atoms with Crippen molar-refractivity contribution in [3.63, 3.8) is 0 Å². The van der Waals surface area contributed by atoms with E-state index in [0.717, 1.165) is 22.3 Å². The second-order valence-corrected chi connectivity index (χ2v) is 6.11. The third kappa shape index (κ3) is 2.78. The average Bonchev–Trinajstić information content (AvgIpc) is 2.93. The summed E-state index contributed by atoms with van der Waals surface area (Å²) in [7, 11) is 3.18. The molecule has 0 atom stereocenters. The summed E-state index contributed by atoms with van der Waals surface area (Å²) in [6.07, 6.45) is 1.93. The van der Waals surface area contributed by atoms with E-state index in [2.05, 4.69) is 17.1 Å². The van der Waals surface area contributed by atoms with Gasteiger partial charge in [0.2, 0.25) is 0 Å². The van der Waals surface area contributed by atoms with Crippen LogP contribution < -0.4 is 15.2 Å². The molecule has 0 fully saturated rings. The molecule has 0 amide bonds. The van der Waals surface area contributed by atoms with Crippen molar-refractivity contribution in [1.29, 1.82) is 10.5 Å². The Bertz CT molecular complexity index is 1100. The minimum atomic E-state index is 0.137. The van der Waals surface area contributed by atoms with Crippen molar-refractivity contribution >= 4 is 23.0 Å². The van der Waals surface area contributed by atoms with E-state index in [0.29, 0.717) is 33.9 Å². The van der Waals surface area contributed by atoms with Crippen molar-refractivity contribution in [3.05, 3.63) is 51.7 Å². The second kappa shape index (κ2) is 6.86. The lowest BCUT2D eigenvalue weighted by molar-refractivity contribution is 0.394. The molecule has 0 saturated heterocycles. The summed E-state index contributed by atoms with van der Waals surface area (Å²) in [5.41, 5.74) is 11.1. The lowest BCUT2D eigenvalue weighted by atomic mass is 9.95. The van der Waals surface area contributed by atoms with Gasteiger partial charge in [0.1, 0.15) is 29.5 Å². The smallest absolute Gasteiger partial charge is 0.142 e. The number of fused-ring (bicyclic) bond motifs is 1. The van der Waals surface area contributed by atoms with Gasteiger partial charge < -0.3 is 15.2 Å². The minimum Gasteiger partial charge on any atom is -0.497 e. The Morgan fingerprint density at radius 2 is 1.85 bits per heavy atom. The molecule has 1 heterocycles. The van der Waals surface area contributed by atoms with Gasteiger partial charge in [0.15, 0.2) is 0 Å². The molecule has 6 nitrogen and oxygen atoms in total. The Morgan fingerprint density at radius 1 is 1.11 bits per heavy atom. The first-order chi connectivity index (χ1) is 13.0. The fourth-order valence-corrected chi connectivity index (χ4v) is 3.29. The van der Waals surface area contributed by atoms with Gasteiger partial charge in [-0.1, -0.05) is 0 Å². The largest absolute Gasteiger partial charge is 0.497 e. The Morgan fingerprint density at radius 3 is 2.44 bits per heavy atom. The fraction of sp³-hybridized carbons (Fsp3) is 0.190. The van der Waals surface area contributed by atoms with Gasteiger partial charge in [0, 0.05) is 17.2 Å². The van der Waals surface area contributed by atoms with Crippen LogP contribution >= 0.6 is 0 Å². The molecule has 27 heavy (non-hydrogen) atoms. The van der Waals surface area contributed by atoms with E-state index in [1.165, 1.54) is 0 Å². The summed E-state index contributed by atoms with van der Waals surface area (Å²) in [5, 5.41) is 19.1. The van der Waals surface area contributed by atoms with E-state index in [4.69, 9.17) is 15.2 Å². The number of anilines is 1. The first kappa shape index (κ1) is 18.0. The third-order valence-corrected chi connectivity index (χ3v) is 4.72. The highest BCUT2D eigenvalue weighted by molar-refractivity contribution is 6.09. The van der Waals surface area contributed by atoms with Gasteiger partial charge in [0.25, 0.3) is 0 Å². The molecule has 0 bridgehead atoms. The highest BCUT2D eigenvalue weighted by Gasteiger charge is 2.29. The third-order valence-electron chi connectivity index (χ3n) is 4.72. The van der Waals surface area contributed by atoms with E-state index in [9.17, 15) is 10.5 Å². The van der Waals surface area contributed by atoms with Crippen LogP contribution in [0.25, 0.3) is 17.2 Å². The molecular formula is C21H18N4O2. The average molecular weight is 358 g/mol. The summed E-state index contributed by atoms with van der Waals surface area (Å²) < 4.78 is 10.7. The van der Waals surface area contributed by atoms with Gasteiger partial charge in [-0.15, -0.1) is 0 Å². The summed E-state index contributed by atoms with van der Waals surface area (Å²) in [6, 6.07) is 9.83. The number of nitrogens with zero attached hydrogens (tertiary/aromatic N) is 3. The topological polar surface area (TPSA) is 105 Å². The lowest BCUT2D eigenvalue weighted by Gasteiger charge is -2.12. The molecule has 0 radical (unpaired) electrons. The molecule has 6 heteroatoms. The number of nitriles is 2. The Labute approximate surface area is 157 Å². The molecule has 2 N–H and O–H groups in total. The minimum absolute atomic E-state index is 0.137. The molecular weight excluding hydrogens is 340 g/mol. The summed E-state index contributed by atoms with van der Waals surface area (Å²) in [5.74, 6) is 1.46. The molecule has 0 spiro atoms. The molecule has 3 rings (SSSR count). The molecule has 1 aromatic carbocycles. The number of pyridine rings is 1. The van der Waals surface area contributed by atoms with Crippen LogP contribution in [0.15, 0.2) is 23.8 Å². The molecule has 0 unspecified atom stereocenters. The number of hydrogen-bond donors (Lipinski definition) is 1. The number of hydrogen-bond acceptors (Lipinski definition) is 6. The zero-order chi connectivity index (χ0) is 19.7. The zero-order valence-electron chi connectivity index (χ0n) is 15.5. The second-order valence-electron chi connectivity index (χ2n) is 6.11. The first-order valence-electron chi connectivity index (χ1n) is 8.22. The van der Waals surface area contributed by atoms with Crippen molar-refractivity contribution in [2.75, 3.05) is 20.0 Å². The van der Waals surface area contributed by atoms with Crippen LogP contribution in [0.1, 0.15) is 34.9 Å². The van der Waals surface area contributed by atoms with Crippen LogP contribution in [0.2, 0.25) is 0 Å². The van der Waals surface area contributed by atoms with Crippen LogP contribution in [0.5, 0.6) is 11.5 Å². The molecule has 0 aliphatic heterocycles. The molecule has 1 aliphatic rings. The van der Waals surface area contributed by atoms with Crippen LogP contribution in [-0.4, -0.2) is 19.2 Å². The predicted octanol–water partition coefficient (Wildman–Crippen LogP) is 3.71. The maximum absolute atomic E-state index is 9.62. The van der Waals surface area contributed by atoms with Crippen molar-refractivity contribution in [3.8, 4) is 23.6 Å². The van der Waals surface area contributed by atoms with Gasteiger partial charge in [-0.2, -0.15) is 10.5 Å². The van der Waals surface area contributed by atoms with Crippen molar-refractivity contribution < 1.29 is 9.47 Å². The quantitative estimate of drug-likeness (QED) is 0.896. The molecule has 134 valence electrons. The summed E-state index contributed by atoms with van der Waals surface area (Å²) in [4.78, 5) is 4.33. The number of nitrogens with two attached hydrogens (primary N) is 1. The van der Waals surface area contributed by atoms with Crippen molar-refractivity contribution in [2.24, 2.45) is 0 Å². The fourth-order valence-electron chi connectivity index (χ4n) is 3.29. The van der Waals surface area contributed by atoms with Crippen molar-refractivity contribution in [1.82, 2.24) is 4.98 Å². The van der Waals surface area contributed by atoms with Gasteiger partial charge in [-0.25, -0.2) is 4.98 Å². The van der Waals surface area contributed by atoms with E-state index in [1.807, 2.05) is 32.1 Å². The number of ether oxygens (including phenoxy) is 2. The van der Waals surface area contributed by atoms with Crippen LogP contribution in [0.4, 0.5) is 5.82 Å². The number of rotatable bonds is 3. The molecule has 0 saturated carbocycles. The van der Waals surface area contributed by atoms with Gasteiger partial charge in [-0.3, -0.25) is 0 Å². The van der Waals surface area contributed by atoms with Crippen molar-refractivity contribution in [2.45, 2.75) is 13.8 Å². The molecule has 2 aromatic rings. The van der Waals surface area contributed by atoms with Gasteiger partial charge in [-0.05, 0) is 48.8 Å². The van der Waals surface area contributed by atoms with E-state index >= 15 is 0 Å². The number of allylic oxidation sites excluding steroid dienone is 3. The van der Waals surface area contributed by atoms with Crippen LogP contribution in [0, 0.1) is 29.6 Å². The Kier molecular flexibility index (Phi) is 4.58. The number of benzene rings is 1. The van der Waals surface area contributed by atoms with E-state index in [-0.39, 0.29) is 5.82 Å². The van der Waals surface area contributed by atoms with Crippen LogP contribution in [-0.2, 0) is 0 Å². The normalized spacial score (nSPS) is 13.9. The zero-order valence-corrected chi connectivity index (χ0v) is 15.5. The maximum atomic E-state index is 9.62. The highest BCUT2D eigenvalue weighted by atomic mass is 16.5. The van der Waals surface area contributed by atoms with Crippen LogP contribution in [0.3, 0.4) is 0 Å². The van der Waals surface area contributed by atoms with E-state index in [1.54, 1.807) is 20.3 Å². The lowest BCUT2D eigenvalue weighted by Crippen LogP contribution is -2.03. The predicted molar refractivity (Wildman–Crippen MR) is 104 cm³/mol. The Hall–Kier alpha value is -3.77. The van der Waals surface area contributed by atoms with E-state index < -0.39 is 0 Å². The maximum Gasteiger partial charge on any atom is 0.142 e. The Balaban J connectivity index is 2.31. The summed E-state index contributed by atoms with van der Waals surface area (Å²) in [6.45, 7) is 3.69.